The van der Waals surface area contributed by atoms with E-state index in [-0.39, 0.29) is 29.7 Å². The Labute approximate surface area is 248 Å². The van der Waals surface area contributed by atoms with E-state index in [1.54, 1.807) is 19.0 Å². The molecule has 3 aliphatic rings. The number of hydrogen-bond acceptors (Lipinski definition) is 5. The largest absolute Gasteiger partial charge is 0.344 e. The van der Waals surface area contributed by atoms with Gasteiger partial charge in [0, 0.05) is 51.2 Å². The van der Waals surface area contributed by atoms with Crippen molar-refractivity contribution in [3.63, 3.8) is 0 Å². The average molecular weight is 587 g/mol. The lowest BCUT2D eigenvalue weighted by Gasteiger charge is -2.39. The number of nitrogens with one attached hydrogen (secondary N) is 1. The lowest BCUT2D eigenvalue weighted by molar-refractivity contribution is -0.138. The molecule has 1 aromatic carbocycles. The number of carbonyl (C=O) groups is 3. The van der Waals surface area contributed by atoms with Crippen molar-refractivity contribution in [3.05, 3.63) is 55.9 Å². The van der Waals surface area contributed by atoms with Crippen LogP contribution < -0.4 is 5.32 Å². The molecule has 3 aliphatic heterocycles. The van der Waals surface area contributed by atoms with Gasteiger partial charge in [-0.2, -0.15) is 0 Å². The van der Waals surface area contributed by atoms with Gasteiger partial charge in [0.15, 0.2) is 0 Å². The lowest BCUT2D eigenvalue weighted by Crippen LogP contribution is -2.52. The van der Waals surface area contributed by atoms with Crippen molar-refractivity contribution in [2.45, 2.75) is 84.3 Å². The summed E-state index contributed by atoms with van der Waals surface area (Å²) in [7, 11) is 3.53. The second-order valence-corrected chi connectivity index (χ2v) is 13.0. The van der Waals surface area contributed by atoms with Crippen LogP contribution in [0.1, 0.15) is 69.9 Å². The van der Waals surface area contributed by atoms with Crippen molar-refractivity contribution in [2.75, 3.05) is 27.2 Å². The zero-order valence-corrected chi connectivity index (χ0v) is 26.0. The molecular weight excluding hydrogens is 544 g/mol. The van der Waals surface area contributed by atoms with Gasteiger partial charge in [-0.25, -0.2) is 0 Å². The van der Waals surface area contributed by atoms with Crippen molar-refractivity contribution in [2.24, 2.45) is 5.92 Å². The number of nitrogens with zero attached hydrogens (tertiary/aromatic N) is 3. The number of carbonyl (C=O) groups excluding carboxylic acids is 3. The zero-order chi connectivity index (χ0) is 29.0. The Morgan fingerprint density at radius 3 is 2.55 bits per heavy atom. The Bertz CT molecular complexity index is 1190. The topological polar surface area (TPSA) is 73.0 Å². The summed E-state index contributed by atoms with van der Waals surface area (Å²) in [5.74, 6) is 0.122. The summed E-state index contributed by atoms with van der Waals surface area (Å²) in [6, 6.07) is 5.75. The van der Waals surface area contributed by atoms with Crippen molar-refractivity contribution in [1.82, 2.24) is 20.0 Å². The van der Waals surface area contributed by atoms with Gasteiger partial charge in [0.2, 0.25) is 11.8 Å². The minimum atomic E-state index is -0.475. The Kier molecular flexibility index (Phi) is 10.4. The number of likely N-dealkylation sites (tertiary alicyclic amines) is 2. The van der Waals surface area contributed by atoms with Crippen LogP contribution in [0.3, 0.4) is 0 Å². The van der Waals surface area contributed by atoms with Gasteiger partial charge in [0.05, 0.1) is 9.93 Å². The molecule has 3 amide bonds. The van der Waals surface area contributed by atoms with Crippen LogP contribution in [0.4, 0.5) is 0 Å². The predicted molar refractivity (Wildman–Crippen MR) is 163 cm³/mol. The maximum Gasteiger partial charge on any atom is 0.260 e. The van der Waals surface area contributed by atoms with Crippen LogP contribution >= 0.6 is 23.4 Å². The van der Waals surface area contributed by atoms with E-state index >= 15 is 0 Å². The number of halogens is 1. The van der Waals surface area contributed by atoms with Crippen LogP contribution in [-0.4, -0.2) is 71.7 Å². The molecular formula is C31H43ClN4O3S. The second-order valence-electron chi connectivity index (χ2n) is 11.5. The van der Waals surface area contributed by atoms with Crippen LogP contribution in [-0.2, 0) is 20.9 Å². The molecule has 0 bridgehead atoms. The third kappa shape index (κ3) is 7.12. The summed E-state index contributed by atoms with van der Waals surface area (Å²) < 4.78 is 0. The third-order valence-electron chi connectivity index (χ3n) is 8.26. The number of thioether (sulfide) groups is 1. The molecule has 7 nitrogen and oxygen atoms in total. The molecule has 1 N–H and O–H groups in total. The Morgan fingerprint density at radius 2 is 1.90 bits per heavy atom. The Balaban J connectivity index is 1.40. The summed E-state index contributed by atoms with van der Waals surface area (Å²) in [5.41, 5.74) is 3.48. The zero-order valence-electron chi connectivity index (χ0n) is 24.5. The number of allylic oxidation sites excluding steroid dienone is 2. The lowest BCUT2D eigenvalue weighted by atomic mass is 9.93. The van der Waals surface area contributed by atoms with E-state index in [1.165, 1.54) is 17.3 Å². The molecule has 218 valence electrons. The number of amides is 3. The first kappa shape index (κ1) is 30.7. The van der Waals surface area contributed by atoms with Gasteiger partial charge in [-0.1, -0.05) is 61.8 Å². The fourth-order valence-electron chi connectivity index (χ4n) is 6.00. The number of aryl methyl sites for hydroxylation is 1. The SMILES string of the molecule is CCCC1=C(C(=O)N(C)C)SC(NC(=O)C2CCC(=O)N2C2CCN(Cc3ccc(Cl)c(C)c3)CC2)=CCC1C. The fourth-order valence-corrected chi connectivity index (χ4v) is 7.37. The minimum absolute atomic E-state index is 0.0273. The summed E-state index contributed by atoms with van der Waals surface area (Å²) in [5, 5.41) is 4.59. The summed E-state index contributed by atoms with van der Waals surface area (Å²) in [6.45, 7) is 8.90. The first-order chi connectivity index (χ1) is 19.1. The van der Waals surface area contributed by atoms with Gasteiger partial charge in [-0.15, -0.1) is 0 Å². The van der Waals surface area contributed by atoms with Gasteiger partial charge >= 0.3 is 0 Å². The van der Waals surface area contributed by atoms with Crippen molar-refractivity contribution < 1.29 is 14.4 Å². The molecule has 0 radical (unpaired) electrons. The standard InChI is InChI=1S/C31H43ClN4O3S/c1-6-7-24-20(2)8-12-27(40-29(24)31(39)34(4)5)33-30(38)26-11-13-28(37)36(26)23-14-16-35(17-15-23)19-22-9-10-25(32)21(3)18-22/h9-10,12,18,20,23,26H,6-8,11,13-17,19H2,1-5H3,(H,33,38). The van der Waals surface area contributed by atoms with Crippen molar-refractivity contribution in [1.29, 1.82) is 0 Å². The highest BCUT2D eigenvalue weighted by molar-refractivity contribution is 8.07. The van der Waals surface area contributed by atoms with Crippen molar-refractivity contribution >= 4 is 41.1 Å². The molecule has 2 atom stereocenters. The normalized spacial score (nSPS) is 22.8. The average Bonchev–Trinajstić information content (AvgIpc) is 3.25. The van der Waals surface area contributed by atoms with E-state index in [0.29, 0.717) is 22.8 Å². The van der Waals surface area contributed by atoms with Crippen LogP contribution in [0.25, 0.3) is 0 Å². The number of benzene rings is 1. The third-order valence-corrected chi connectivity index (χ3v) is 9.81. The first-order valence-corrected chi connectivity index (χ1v) is 15.7. The molecule has 1 aromatic rings. The van der Waals surface area contributed by atoms with E-state index in [2.05, 4.69) is 36.2 Å². The molecule has 0 saturated carbocycles. The highest BCUT2D eigenvalue weighted by Crippen LogP contribution is 2.38. The van der Waals surface area contributed by atoms with E-state index in [9.17, 15) is 14.4 Å². The quantitative estimate of drug-likeness (QED) is 0.437. The van der Waals surface area contributed by atoms with Gasteiger partial charge < -0.3 is 15.1 Å². The summed E-state index contributed by atoms with van der Waals surface area (Å²) in [4.78, 5) is 46.3. The highest BCUT2D eigenvalue weighted by Gasteiger charge is 2.41. The van der Waals surface area contributed by atoms with Crippen molar-refractivity contribution in [3.8, 4) is 0 Å². The molecule has 2 unspecified atom stereocenters. The van der Waals surface area contributed by atoms with Crippen LogP contribution in [0.2, 0.25) is 5.02 Å². The molecule has 40 heavy (non-hydrogen) atoms. The molecule has 0 aliphatic carbocycles. The summed E-state index contributed by atoms with van der Waals surface area (Å²) >= 11 is 7.56. The van der Waals surface area contributed by atoms with E-state index < -0.39 is 6.04 Å². The van der Waals surface area contributed by atoms with E-state index in [4.69, 9.17) is 11.6 Å². The Hall–Kier alpha value is -2.29. The summed E-state index contributed by atoms with van der Waals surface area (Å²) in [6.07, 6.45) is 7.25. The van der Waals surface area contributed by atoms with E-state index in [0.717, 1.165) is 67.9 Å². The van der Waals surface area contributed by atoms with Gasteiger partial charge in [0.1, 0.15) is 6.04 Å². The smallest absolute Gasteiger partial charge is 0.260 e. The van der Waals surface area contributed by atoms with Crippen LogP contribution in [0.5, 0.6) is 0 Å². The first-order valence-electron chi connectivity index (χ1n) is 14.5. The van der Waals surface area contributed by atoms with Gasteiger partial charge in [-0.05, 0) is 67.7 Å². The predicted octanol–water partition coefficient (Wildman–Crippen LogP) is 5.48. The maximum atomic E-state index is 13.6. The number of hydrogen-bond donors (Lipinski definition) is 1. The highest BCUT2D eigenvalue weighted by atomic mass is 35.5. The maximum absolute atomic E-state index is 13.6. The molecule has 0 spiro atoms. The van der Waals surface area contributed by atoms with Crippen LogP contribution in [0.15, 0.2) is 39.8 Å². The molecule has 3 heterocycles. The molecule has 2 fully saturated rings. The van der Waals surface area contributed by atoms with Gasteiger partial charge in [0.25, 0.3) is 5.91 Å². The monoisotopic (exact) mass is 586 g/mol. The molecule has 9 heteroatoms. The number of likely N-dealkylation sites (N-methyl/N-ethyl adjacent to an activating group) is 1. The fraction of sp³-hybridized carbons (Fsp3) is 0.581. The Morgan fingerprint density at radius 1 is 1.18 bits per heavy atom. The minimum Gasteiger partial charge on any atom is -0.344 e. The number of rotatable bonds is 8. The van der Waals surface area contributed by atoms with Crippen LogP contribution in [0, 0.1) is 12.8 Å². The van der Waals surface area contributed by atoms with E-state index in [1.807, 2.05) is 24.0 Å². The molecule has 4 rings (SSSR count). The van der Waals surface area contributed by atoms with Gasteiger partial charge in [-0.3, -0.25) is 19.3 Å². The second kappa shape index (κ2) is 13.6. The molecule has 2 saturated heterocycles. The molecule has 0 aromatic heterocycles. The number of piperidine rings is 1.